The van der Waals surface area contributed by atoms with E-state index < -0.39 is 6.04 Å². The Hall–Kier alpha value is -2.96. The highest BCUT2D eigenvalue weighted by Gasteiger charge is 2.42. The van der Waals surface area contributed by atoms with Crippen molar-refractivity contribution in [3.63, 3.8) is 0 Å². The molecule has 2 aliphatic rings. The average Bonchev–Trinajstić information content (AvgIpc) is 3.06. The molecule has 0 bridgehead atoms. The number of para-hydroxylation sites is 1. The number of fused-ring (bicyclic) bond motifs is 2. The van der Waals surface area contributed by atoms with Gasteiger partial charge in [0.1, 0.15) is 5.58 Å². The number of amides is 1. The molecule has 0 saturated carbocycles. The van der Waals surface area contributed by atoms with E-state index in [1.54, 1.807) is 17.0 Å². The Morgan fingerprint density at radius 2 is 1.70 bits per heavy atom. The number of rotatable bonds is 4. The van der Waals surface area contributed by atoms with Gasteiger partial charge in [-0.1, -0.05) is 42.0 Å². The predicted molar refractivity (Wildman–Crippen MR) is 114 cm³/mol. The van der Waals surface area contributed by atoms with E-state index >= 15 is 0 Å². The van der Waals surface area contributed by atoms with Gasteiger partial charge < -0.3 is 14.1 Å². The van der Waals surface area contributed by atoms with Crippen molar-refractivity contribution in [2.75, 3.05) is 39.4 Å². The Bertz CT molecular complexity index is 1150. The number of morpholine rings is 1. The molecule has 0 N–H and O–H groups in total. The lowest BCUT2D eigenvalue weighted by molar-refractivity contribution is 0.0314. The summed E-state index contributed by atoms with van der Waals surface area (Å²) in [6.07, 6.45) is 0. The highest BCUT2D eigenvalue weighted by molar-refractivity contribution is 5.99. The van der Waals surface area contributed by atoms with E-state index in [0.29, 0.717) is 36.3 Å². The average molecular weight is 404 g/mol. The molecule has 1 saturated heterocycles. The van der Waals surface area contributed by atoms with E-state index in [9.17, 15) is 9.59 Å². The molecule has 2 aromatic carbocycles. The molecule has 0 radical (unpaired) electrons. The lowest BCUT2D eigenvalue weighted by atomic mass is 9.98. The van der Waals surface area contributed by atoms with Gasteiger partial charge in [0, 0.05) is 26.2 Å². The zero-order valence-corrected chi connectivity index (χ0v) is 17.0. The third-order valence-electron chi connectivity index (χ3n) is 6.03. The maximum atomic E-state index is 13.4. The number of nitrogens with zero attached hydrogens (tertiary/aromatic N) is 2. The third-order valence-corrected chi connectivity index (χ3v) is 6.03. The Balaban J connectivity index is 1.59. The number of carbonyl (C=O) groups excluding carboxylic acids is 1. The quantitative estimate of drug-likeness (QED) is 0.669. The van der Waals surface area contributed by atoms with Gasteiger partial charge in [-0.05, 0) is 24.6 Å². The zero-order valence-electron chi connectivity index (χ0n) is 17.0. The predicted octanol–water partition coefficient (Wildman–Crippen LogP) is 2.98. The monoisotopic (exact) mass is 404 g/mol. The van der Waals surface area contributed by atoms with Crippen molar-refractivity contribution < 1.29 is 13.9 Å². The first-order valence-corrected chi connectivity index (χ1v) is 10.4. The van der Waals surface area contributed by atoms with Crippen molar-refractivity contribution in [1.29, 1.82) is 0 Å². The fraction of sp³-hybridized carbons (Fsp3) is 0.333. The smallest absolute Gasteiger partial charge is 0.290 e. The molecule has 1 amide bonds. The summed E-state index contributed by atoms with van der Waals surface area (Å²) in [5.41, 5.74) is 2.84. The zero-order chi connectivity index (χ0) is 20.7. The summed E-state index contributed by atoms with van der Waals surface area (Å²) in [4.78, 5) is 30.8. The van der Waals surface area contributed by atoms with Crippen LogP contribution in [0.1, 0.15) is 33.3 Å². The third kappa shape index (κ3) is 3.22. The van der Waals surface area contributed by atoms with Gasteiger partial charge in [-0.3, -0.25) is 14.5 Å². The lowest BCUT2D eigenvalue weighted by Gasteiger charge is -2.31. The van der Waals surface area contributed by atoms with Crippen LogP contribution < -0.4 is 5.43 Å². The van der Waals surface area contributed by atoms with Crippen LogP contribution in [0.2, 0.25) is 0 Å². The molecule has 1 unspecified atom stereocenters. The Morgan fingerprint density at radius 3 is 2.47 bits per heavy atom. The Morgan fingerprint density at radius 1 is 0.967 bits per heavy atom. The van der Waals surface area contributed by atoms with E-state index in [1.807, 2.05) is 43.3 Å². The number of hydrogen-bond acceptors (Lipinski definition) is 5. The molecular weight excluding hydrogens is 380 g/mol. The van der Waals surface area contributed by atoms with Crippen LogP contribution in [0, 0.1) is 6.92 Å². The molecule has 0 aliphatic carbocycles. The molecule has 6 heteroatoms. The van der Waals surface area contributed by atoms with Crippen LogP contribution in [0.3, 0.4) is 0 Å². The number of carbonyl (C=O) groups is 1. The van der Waals surface area contributed by atoms with Gasteiger partial charge in [0.05, 0.1) is 30.2 Å². The summed E-state index contributed by atoms with van der Waals surface area (Å²) in [5, 5.41) is 0.510. The van der Waals surface area contributed by atoms with Crippen molar-refractivity contribution in [3.8, 4) is 0 Å². The normalized spacial score (nSPS) is 19.4. The van der Waals surface area contributed by atoms with E-state index in [-0.39, 0.29) is 17.1 Å². The van der Waals surface area contributed by atoms with Crippen LogP contribution in [0.4, 0.5) is 0 Å². The fourth-order valence-corrected chi connectivity index (χ4v) is 4.37. The summed E-state index contributed by atoms with van der Waals surface area (Å²) in [5.74, 6) is -0.0436. The molecule has 3 heterocycles. The van der Waals surface area contributed by atoms with Crippen LogP contribution in [0.15, 0.2) is 57.7 Å². The highest BCUT2D eigenvalue weighted by Crippen LogP contribution is 2.38. The number of ether oxygens (including phenoxy) is 1. The van der Waals surface area contributed by atoms with Gasteiger partial charge in [-0.2, -0.15) is 0 Å². The minimum atomic E-state index is -0.435. The summed E-state index contributed by atoms with van der Waals surface area (Å²) in [6, 6.07) is 14.7. The van der Waals surface area contributed by atoms with Crippen LogP contribution in [-0.2, 0) is 4.74 Å². The lowest BCUT2D eigenvalue weighted by Crippen LogP contribution is -2.42. The Labute approximate surface area is 174 Å². The van der Waals surface area contributed by atoms with Gasteiger partial charge in [0.2, 0.25) is 5.76 Å². The molecular formula is C24H24N2O4. The second kappa shape index (κ2) is 7.70. The molecule has 2 aliphatic heterocycles. The molecule has 6 nitrogen and oxygen atoms in total. The first-order chi connectivity index (χ1) is 14.6. The standard InChI is InChI=1S/C24H24N2O4/c1-16-6-8-17(9-7-16)21-20-22(27)18-4-2-3-5-19(18)30-23(20)24(28)26(21)11-10-25-12-14-29-15-13-25/h2-9,21H,10-15H2,1H3. The van der Waals surface area contributed by atoms with Gasteiger partial charge in [0.15, 0.2) is 5.43 Å². The second-order valence-electron chi connectivity index (χ2n) is 7.94. The fourth-order valence-electron chi connectivity index (χ4n) is 4.37. The molecule has 5 rings (SSSR count). The molecule has 1 aromatic heterocycles. The van der Waals surface area contributed by atoms with E-state index in [4.69, 9.17) is 9.15 Å². The molecule has 3 aromatic rings. The Kier molecular flexibility index (Phi) is 4.89. The first-order valence-electron chi connectivity index (χ1n) is 10.4. The van der Waals surface area contributed by atoms with E-state index in [1.165, 1.54) is 0 Å². The number of benzene rings is 2. The first kappa shape index (κ1) is 19.0. The van der Waals surface area contributed by atoms with E-state index in [0.717, 1.165) is 30.8 Å². The minimum absolute atomic E-state index is 0.125. The van der Waals surface area contributed by atoms with E-state index in [2.05, 4.69) is 4.90 Å². The van der Waals surface area contributed by atoms with Crippen molar-refractivity contribution >= 4 is 16.9 Å². The topological polar surface area (TPSA) is 63.0 Å². The number of aryl methyl sites for hydroxylation is 1. The van der Waals surface area contributed by atoms with Crippen LogP contribution in [0.25, 0.3) is 11.0 Å². The van der Waals surface area contributed by atoms with Crippen LogP contribution in [-0.4, -0.2) is 55.1 Å². The summed E-state index contributed by atoms with van der Waals surface area (Å²) in [6.45, 7) is 6.41. The van der Waals surface area contributed by atoms with Gasteiger partial charge in [-0.25, -0.2) is 0 Å². The van der Waals surface area contributed by atoms with Crippen molar-refractivity contribution in [3.05, 3.63) is 81.2 Å². The van der Waals surface area contributed by atoms with Crippen LogP contribution in [0.5, 0.6) is 0 Å². The summed E-state index contributed by atoms with van der Waals surface area (Å²) >= 11 is 0. The largest absolute Gasteiger partial charge is 0.450 e. The van der Waals surface area contributed by atoms with Crippen molar-refractivity contribution in [1.82, 2.24) is 9.80 Å². The SMILES string of the molecule is Cc1ccc(C2c3c(oc4ccccc4c3=O)C(=O)N2CCN2CCOCC2)cc1. The maximum Gasteiger partial charge on any atom is 0.290 e. The maximum absolute atomic E-state index is 13.4. The van der Waals surface area contributed by atoms with Gasteiger partial charge >= 0.3 is 0 Å². The highest BCUT2D eigenvalue weighted by atomic mass is 16.5. The van der Waals surface area contributed by atoms with Crippen LogP contribution >= 0.6 is 0 Å². The molecule has 30 heavy (non-hydrogen) atoms. The minimum Gasteiger partial charge on any atom is -0.450 e. The van der Waals surface area contributed by atoms with Crippen molar-refractivity contribution in [2.45, 2.75) is 13.0 Å². The summed E-state index contributed by atoms with van der Waals surface area (Å²) < 4.78 is 11.4. The summed E-state index contributed by atoms with van der Waals surface area (Å²) in [7, 11) is 0. The molecule has 1 atom stereocenters. The number of hydrogen-bond donors (Lipinski definition) is 0. The molecule has 154 valence electrons. The van der Waals surface area contributed by atoms with Gasteiger partial charge in [0.25, 0.3) is 5.91 Å². The molecule has 0 spiro atoms. The second-order valence-corrected chi connectivity index (χ2v) is 7.94. The van der Waals surface area contributed by atoms with Gasteiger partial charge in [-0.15, -0.1) is 0 Å². The van der Waals surface area contributed by atoms with Crippen molar-refractivity contribution in [2.24, 2.45) is 0 Å². The molecule has 1 fully saturated rings.